The molecule has 0 saturated heterocycles. The van der Waals surface area contributed by atoms with Crippen LogP contribution in [0, 0.1) is 0 Å². The smallest absolute Gasteiger partial charge is 0.133 e. The summed E-state index contributed by atoms with van der Waals surface area (Å²) in [7, 11) is 2.14. The molecule has 0 aromatic heterocycles. The van der Waals surface area contributed by atoms with Crippen LogP contribution in [0.15, 0.2) is 67.8 Å². The number of carbonyl (C=O) groups is 1. The summed E-state index contributed by atoms with van der Waals surface area (Å²) >= 11 is 0. The number of carbonyl (C=O) groups excluding carboxylic acids is 1. The van der Waals surface area contributed by atoms with Gasteiger partial charge in [0.2, 0.25) is 0 Å². The van der Waals surface area contributed by atoms with Crippen LogP contribution in [0.4, 0.5) is 0 Å². The number of ketones is 1. The molecule has 2 aromatic rings. The number of hydrogen-bond donors (Lipinski definition) is 1. The van der Waals surface area contributed by atoms with Crippen LogP contribution >= 0.6 is 0 Å². The maximum Gasteiger partial charge on any atom is 0.133 e. The van der Waals surface area contributed by atoms with E-state index in [-0.39, 0.29) is 17.3 Å². The Morgan fingerprint density at radius 2 is 1.65 bits per heavy atom. The average Bonchev–Trinajstić information content (AvgIpc) is 2.70. The van der Waals surface area contributed by atoms with E-state index >= 15 is 0 Å². The second kappa shape index (κ2) is 8.81. The van der Waals surface area contributed by atoms with Crippen LogP contribution in [0.25, 0.3) is 0 Å². The summed E-state index contributed by atoms with van der Waals surface area (Å²) in [5, 5.41) is 9.96. The summed E-state index contributed by atoms with van der Waals surface area (Å²) in [6.45, 7) is 8.20. The Morgan fingerprint density at radius 1 is 1.04 bits per heavy atom. The largest absolute Gasteiger partial charge is 0.508 e. The monoisotopic (exact) mass is 351 g/mol. The van der Waals surface area contributed by atoms with Gasteiger partial charge in [0.15, 0.2) is 0 Å². The lowest BCUT2D eigenvalue weighted by Gasteiger charge is -2.47. The Kier molecular flexibility index (Phi) is 6.76. The first-order valence-electron chi connectivity index (χ1n) is 9.12. The van der Waals surface area contributed by atoms with Gasteiger partial charge in [0.1, 0.15) is 11.5 Å². The molecule has 0 heterocycles. The Morgan fingerprint density at radius 3 is 2.23 bits per heavy atom. The molecule has 0 radical (unpaired) electrons. The number of phenolic OH excluding ortho intramolecular Hbond substituents is 1. The van der Waals surface area contributed by atoms with E-state index in [9.17, 15) is 9.90 Å². The molecular weight excluding hydrogens is 322 g/mol. The van der Waals surface area contributed by atoms with Crippen molar-refractivity contribution in [3.63, 3.8) is 0 Å². The predicted octanol–water partition coefficient (Wildman–Crippen LogP) is 5.23. The summed E-state index contributed by atoms with van der Waals surface area (Å²) < 4.78 is 0. The highest BCUT2D eigenvalue weighted by Gasteiger charge is 2.41. The summed E-state index contributed by atoms with van der Waals surface area (Å²) in [5.41, 5.74) is 2.14. The van der Waals surface area contributed by atoms with Crippen LogP contribution in [0.2, 0.25) is 0 Å². The molecule has 0 amide bonds. The van der Waals surface area contributed by atoms with Crippen LogP contribution in [-0.2, 0) is 10.3 Å². The van der Waals surface area contributed by atoms with E-state index in [0.29, 0.717) is 18.6 Å². The zero-order valence-electron chi connectivity index (χ0n) is 15.8. The fraction of sp³-hybridized carbons (Fsp3) is 0.348. The lowest BCUT2D eigenvalue weighted by molar-refractivity contribution is -0.123. The number of nitrogens with zero attached hydrogens (tertiary/aromatic N) is 1. The molecule has 1 atom stereocenters. The second-order valence-corrected chi connectivity index (χ2v) is 6.82. The quantitative estimate of drug-likeness (QED) is 0.767. The molecule has 1 saturated carbocycles. The van der Waals surface area contributed by atoms with Crippen molar-refractivity contribution in [3.05, 3.63) is 78.9 Å². The number of phenols is 1. The number of rotatable bonds is 4. The van der Waals surface area contributed by atoms with E-state index in [0.717, 1.165) is 18.4 Å². The van der Waals surface area contributed by atoms with Gasteiger partial charge in [-0.15, -0.1) is 13.2 Å². The molecule has 1 aliphatic carbocycles. The molecule has 0 spiro atoms. The first-order valence-corrected chi connectivity index (χ1v) is 9.12. The lowest BCUT2D eigenvalue weighted by Crippen LogP contribution is -2.47. The van der Waals surface area contributed by atoms with Crippen molar-refractivity contribution in [2.24, 2.45) is 0 Å². The molecule has 138 valence electrons. The summed E-state index contributed by atoms with van der Waals surface area (Å²) in [6.07, 6.45) is 2.79. The molecule has 1 N–H and O–H groups in total. The first-order chi connectivity index (χ1) is 12.5. The van der Waals surface area contributed by atoms with Gasteiger partial charge in [0.25, 0.3) is 0 Å². The second-order valence-electron chi connectivity index (χ2n) is 6.82. The standard InChI is InChI=1S/C21H25NO2.C2H4/c1-16(17-7-4-3-5-8-17)22(2)21(13-11-19(23)12-14-21)18-9-6-10-20(24)15-18;1-2/h3-10,15-16,24H,11-14H2,1-2H3;1-2H2. The van der Waals surface area contributed by atoms with Gasteiger partial charge in [-0.2, -0.15) is 0 Å². The van der Waals surface area contributed by atoms with Crippen molar-refractivity contribution in [1.29, 1.82) is 0 Å². The Labute approximate surface area is 157 Å². The van der Waals surface area contributed by atoms with Gasteiger partial charge in [-0.1, -0.05) is 42.5 Å². The van der Waals surface area contributed by atoms with Gasteiger partial charge in [-0.25, -0.2) is 0 Å². The molecule has 26 heavy (non-hydrogen) atoms. The van der Waals surface area contributed by atoms with Gasteiger partial charge in [0.05, 0.1) is 0 Å². The highest BCUT2D eigenvalue weighted by Crippen LogP contribution is 2.44. The van der Waals surface area contributed by atoms with E-state index in [2.05, 4.69) is 62.4 Å². The molecule has 3 rings (SSSR count). The van der Waals surface area contributed by atoms with Gasteiger partial charge in [0, 0.05) is 24.4 Å². The predicted molar refractivity (Wildman–Crippen MR) is 107 cm³/mol. The van der Waals surface area contributed by atoms with Crippen LogP contribution in [0.3, 0.4) is 0 Å². The van der Waals surface area contributed by atoms with Crippen LogP contribution in [0.1, 0.15) is 49.8 Å². The molecule has 0 aliphatic heterocycles. The third-order valence-corrected chi connectivity index (χ3v) is 5.56. The van der Waals surface area contributed by atoms with E-state index in [4.69, 9.17) is 0 Å². The number of aromatic hydroxyl groups is 1. The Bertz CT molecular complexity index is 716. The number of benzene rings is 2. The van der Waals surface area contributed by atoms with Crippen molar-refractivity contribution in [3.8, 4) is 5.75 Å². The van der Waals surface area contributed by atoms with Crippen LogP contribution < -0.4 is 0 Å². The molecule has 1 unspecified atom stereocenters. The van der Waals surface area contributed by atoms with E-state index in [1.165, 1.54) is 5.56 Å². The number of Topliss-reactive ketones (excluding diaryl/α,β-unsaturated/α-hetero) is 1. The molecule has 1 fully saturated rings. The fourth-order valence-electron chi connectivity index (χ4n) is 3.91. The van der Waals surface area contributed by atoms with E-state index in [1.807, 2.05) is 18.2 Å². The van der Waals surface area contributed by atoms with Crippen molar-refractivity contribution < 1.29 is 9.90 Å². The van der Waals surface area contributed by atoms with E-state index in [1.54, 1.807) is 6.07 Å². The third kappa shape index (κ3) is 4.05. The topological polar surface area (TPSA) is 40.5 Å². The maximum absolute atomic E-state index is 11.8. The zero-order valence-corrected chi connectivity index (χ0v) is 15.8. The minimum absolute atomic E-state index is 0.220. The molecule has 0 bridgehead atoms. The molecular formula is C23H29NO2. The highest BCUT2D eigenvalue weighted by molar-refractivity contribution is 5.79. The Hall–Kier alpha value is -2.39. The van der Waals surface area contributed by atoms with Crippen LogP contribution in [-0.4, -0.2) is 22.8 Å². The van der Waals surface area contributed by atoms with Crippen molar-refractivity contribution in [1.82, 2.24) is 4.90 Å². The zero-order chi connectivity index (χ0) is 19.2. The minimum Gasteiger partial charge on any atom is -0.508 e. The fourth-order valence-corrected chi connectivity index (χ4v) is 3.91. The third-order valence-electron chi connectivity index (χ3n) is 5.56. The molecule has 3 nitrogen and oxygen atoms in total. The van der Waals surface area contributed by atoms with Crippen LogP contribution in [0.5, 0.6) is 5.75 Å². The summed E-state index contributed by atoms with van der Waals surface area (Å²) in [5.74, 6) is 0.621. The van der Waals surface area contributed by atoms with E-state index < -0.39 is 0 Å². The maximum atomic E-state index is 11.8. The Balaban J connectivity index is 0.00000117. The molecule has 3 heteroatoms. The van der Waals surface area contributed by atoms with Crippen molar-refractivity contribution in [2.75, 3.05) is 7.05 Å². The SMILES string of the molecule is C=C.CC(c1ccccc1)N(C)C1(c2cccc(O)c2)CCC(=O)CC1. The summed E-state index contributed by atoms with van der Waals surface area (Å²) in [4.78, 5) is 14.2. The van der Waals surface area contributed by atoms with Gasteiger partial charge < -0.3 is 5.11 Å². The summed E-state index contributed by atoms with van der Waals surface area (Å²) in [6, 6.07) is 18.2. The highest BCUT2D eigenvalue weighted by atomic mass is 16.3. The average molecular weight is 351 g/mol. The minimum atomic E-state index is -0.220. The lowest BCUT2D eigenvalue weighted by atomic mass is 9.74. The number of hydrogen-bond acceptors (Lipinski definition) is 3. The van der Waals surface area contributed by atoms with Crippen molar-refractivity contribution in [2.45, 2.75) is 44.2 Å². The molecule has 1 aliphatic rings. The first kappa shape index (κ1) is 19.9. The van der Waals surface area contributed by atoms with Gasteiger partial charge >= 0.3 is 0 Å². The molecule has 2 aromatic carbocycles. The van der Waals surface area contributed by atoms with Crippen molar-refractivity contribution >= 4 is 5.78 Å². The van der Waals surface area contributed by atoms with Gasteiger partial charge in [-0.3, -0.25) is 9.69 Å². The normalized spacial score (nSPS) is 17.3. The van der Waals surface area contributed by atoms with Gasteiger partial charge in [-0.05, 0) is 50.1 Å².